The molecule has 0 saturated heterocycles. The maximum absolute atomic E-state index is 12.5. The molecule has 0 spiro atoms. The summed E-state index contributed by atoms with van der Waals surface area (Å²) in [7, 11) is 3.68. The lowest BCUT2D eigenvalue weighted by molar-refractivity contribution is -0.131. The smallest absolute Gasteiger partial charge is 0.242 e. The largest absolute Gasteiger partial charge is 0.340 e. The summed E-state index contributed by atoms with van der Waals surface area (Å²) in [5, 5.41) is 4.13. The van der Waals surface area contributed by atoms with Crippen LogP contribution in [0.25, 0.3) is 11.0 Å². The average Bonchev–Trinajstić information content (AvgIpc) is 3.07. The van der Waals surface area contributed by atoms with Crippen molar-refractivity contribution in [2.45, 2.75) is 26.9 Å². The Bertz CT molecular complexity index is 861. The van der Waals surface area contributed by atoms with Gasteiger partial charge in [0, 0.05) is 32.4 Å². The van der Waals surface area contributed by atoms with E-state index in [1.807, 2.05) is 24.9 Å². The van der Waals surface area contributed by atoms with E-state index < -0.39 is 0 Å². The van der Waals surface area contributed by atoms with E-state index in [-0.39, 0.29) is 12.5 Å². The second-order valence-corrected chi connectivity index (χ2v) is 6.07. The molecule has 0 aliphatic heterocycles. The van der Waals surface area contributed by atoms with E-state index in [2.05, 4.69) is 36.1 Å². The van der Waals surface area contributed by atoms with E-state index in [9.17, 15) is 4.79 Å². The van der Waals surface area contributed by atoms with Gasteiger partial charge in [-0.15, -0.1) is 0 Å². The highest BCUT2D eigenvalue weighted by Crippen LogP contribution is 2.18. The van der Waals surface area contributed by atoms with Gasteiger partial charge in [0.1, 0.15) is 6.54 Å². The highest BCUT2D eigenvalue weighted by atomic mass is 16.2. The van der Waals surface area contributed by atoms with E-state index in [4.69, 9.17) is 0 Å². The van der Waals surface area contributed by atoms with E-state index in [1.165, 1.54) is 11.1 Å². The summed E-state index contributed by atoms with van der Waals surface area (Å²) in [6.07, 6.45) is 5.43. The molecule has 6 nitrogen and oxygen atoms in total. The van der Waals surface area contributed by atoms with Crippen LogP contribution in [0.5, 0.6) is 0 Å². The van der Waals surface area contributed by atoms with Gasteiger partial charge in [0.05, 0.1) is 23.6 Å². The number of imidazole rings is 1. The predicted octanol–water partition coefficient (Wildman–Crippen LogP) is 2.05. The van der Waals surface area contributed by atoms with Crippen LogP contribution in [0.4, 0.5) is 0 Å². The van der Waals surface area contributed by atoms with Crippen molar-refractivity contribution < 1.29 is 4.79 Å². The summed E-state index contributed by atoms with van der Waals surface area (Å²) in [5.41, 5.74) is 5.36. The molecule has 0 radical (unpaired) electrons. The number of amides is 1. The SMILES string of the molecule is Cc1cc2ncn(CC(=O)N(C)Cc3cnn(C)c3)c2cc1C. The van der Waals surface area contributed by atoms with Crippen LogP contribution in [-0.2, 0) is 24.9 Å². The Morgan fingerprint density at radius 3 is 2.70 bits per heavy atom. The zero-order chi connectivity index (χ0) is 16.6. The number of benzene rings is 1. The molecule has 6 heteroatoms. The zero-order valence-corrected chi connectivity index (χ0v) is 13.9. The van der Waals surface area contributed by atoms with Crippen LogP contribution in [-0.4, -0.2) is 37.2 Å². The summed E-state index contributed by atoms with van der Waals surface area (Å²) in [4.78, 5) is 18.6. The third kappa shape index (κ3) is 3.11. The van der Waals surface area contributed by atoms with Crippen LogP contribution in [0.15, 0.2) is 30.9 Å². The zero-order valence-electron chi connectivity index (χ0n) is 13.9. The lowest BCUT2D eigenvalue weighted by Gasteiger charge is -2.17. The Morgan fingerprint density at radius 2 is 2.00 bits per heavy atom. The predicted molar refractivity (Wildman–Crippen MR) is 88.9 cm³/mol. The van der Waals surface area contributed by atoms with E-state index >= 15 is 0 Å². The fourth-order valence-electron chi connectivity index (χ4n) is 2.62. The maximum Gasteiger partial charge on any atom is 0.242 e. The molecule has 0 aliphatic carbocycles. The summed E-state index contributed by atoms with van der Waals surface area (Å²) in [6.45, 7) is 4.98. The fourth-order valence-corrected chi connectivity index (χ4v) is 2.62. The van der Waals surface area contributed by atoms with Crippen LogP contribution in [0.3, 0.4) is 0 Å². The molecule has 2 heterocycles. The Hall–Kier alpha value is -2.63. The minimum absolute atomic E-state index is 0.0476. The number of aryl methyl sites for hydroxylation is 3. The molecular weight excluding hydrogens is 290 g/mol. The molecule has 0 atom stereocenters. The monoisotopic (exact) mass is 311 g/mol. The summed E-state index contributed by atoms with van der Waals surface area (Å²) < 4.78 is 3.64. The number of rotatable bonds is 4. The first-order chi connectivity index (χ1) is 10.9. The van der Waals surface area contributed by atoms with Gasteiger partial charge in [0.15, 0.2) is 0 Å². The average molecular weight is 311 g/mol. The molecule has 3 aromatic rings. The van der Waals surface area contributed by atoms with E-state index in [0.717, 1.165) is 16.6 Å². The highest BCUT2D eigenvalue weighted by molar-refractivity contribution is 5.81. The Balaban J connectivity index is 1.76. The molecule has 3 rings (SSSR count). The second kappa shape index (κ2) is 5.87. The summed E-state index contributed by atoms with van der Waals surface area (Å²) in [5.74, 6) is 0.0476. The number of hydrogen-bond acceptors (Lipinski definition) is 3. The molecule has 0 fully saturated rings. The molecular formula is C17H21N5O. The first kappa shape index (κ1) is 15.3. The van der Waals surface area contributed by atoms with Gasteiger partial charge in [0.25, 0.3) is 0 Å². The normalized spacial score (nSPS) is 11.1. The van der Waals surface area contributed by atoms with Crippen LogP contribution in [0.2, 0.25) is 0 Å². The fraction of sp³-hybridized carbons (Fsp3) is 0.353. The van der Waals surface area contributed by atoms with Crippen molar-refractivity contribution in [2.24, 2.45) is 7.05 Å². The van der Waals surface area contributed by atoms with Crippen molar-refractivity contribution >= 4 is 16.9 Å². The molecule has 2 aromatic heterocycles. The van der Waals surface area contributed by atoms with Gasteiger partial charge in [0.2, 0.25) is 5.91 Å². The third-order valence-corrected chi connectivity index (χ3v) is 4.15. The number of aromatic nitrogens is 4. The van der Waals surface area contributed by atoms with Crippen molar-refractivity contribution in [2.75, 3.05) is 7.05 Å². The number of nitrogens with zero attached hydrogens (tertiary/aromatic N) is 5. The molecule has 0 unspecified atom stereocenters. The van der Waals surface area contributed by atoms with Gasteiger partial charge < -0.3 is 9.47 Å². The first-order valence-electron chi connectivity index (χ1n) is 7.57. The van der Waals surface area contributed by atoms with Crippen LogP contribution in [0.1, 0.15) is 16.7 Å². The quantitative estimate of drug-likeness (QED) is 0.741. The number of hydrogen-bond donors (Lipinski definition) is 0. The lowest BCUT2D eigenvalue weighted by Crippen LogP contribution is -2.29. The van der Waals surface area contributed by atoms with Gasteiger partial charge in [-0.1, -0.05) is 0 Å². The van der Waals surface area contributed by atoms with Crippen molar-refractivity contribution in [1.82, 2.24) is 24.2 Å². The highest BCUT2D eigenvalue weighted by Gasteiger charge is 2.13. The van der Waals surface area contributed by atoms with E-state index in [0.29, 0.717) is 6.54 Å². The van der Waals surface area contributed by atoms with Gasteiger partial charge in [-0.05, 0) is 37.1 Å². The number of likely N-dealkylation sites (N-methyl/N-ethyl adjacent to an activating group) is 1. The van der Waals surface area contributed by atoms with Gasteiger partial charge >= 0.3 is 0 Å². The molecule has 0 saturated carbocycles. The van der Waals surface area contributed by atoms with E-state index in [1.54, 1.807) is 22.1 Å². The minimum Gasteiger partial charge on any atom is -0.340 e. The molecule has 1 aromatic carbocycles. The first-order valence-corrected chi connectivity index (χ1v) is 7.57. The summed E-state index contributed by atoms with van der Waals surface area (Å²) in [6, 6.07) is 4.15. The molecule has 0 bridgehead atoms. The molecule has 120 valence electrons. The number of carbonyl (C=O) groups excluding carboxylic acids is 1. The Kier molecular flexibility index (Phi) is 3.90. The topological polar surface area (TPSA) is 56.0 Å². The van der Waals surface area contributed by atoms with Crippen molar-refractivity contribution in [3.63, 3.8) is 0 Å². The van der Waals surface area contributed by atoms with Crippen molar-refractivity contribution in [1.29, 1.82) is 0 Å². The van der Waals surface area contributed by atoms with Gasteiger partial charge in [-0.3, -0.25) is 9.48 Å². The van der Waals surface area contributed by atoms with Crippen LogP contribution < -0.4 is 0 Å². The van der Waals surface area contributed by atoms with Crippen LogP contribution >= 0.6 is 0 Å². The molecule has 0 aliphatic rings. The molecule has 1 amide bonds. The third-order valence-electron chi connectivity index (χ3n) is 4.15. The summed E-state index contributed by atoms with van der Waals surface area (Å²) >= 11 is 0. The number of carbonyl (C=O) groups is 1. The number of fused-ring (bicyclic) bond motifs is 1. The van der Waals surface area contributed by atoms with Crippen LogP contribution in [0, 0.1) is 13.8 Å². The lowest BCUT2D eigenvalue weighted by atomic mass is 10.1. The maximum atomic E-state index is 12.5. The minimum atomic E-state index is 0.0476. The van der Waals surface area contributed by atoms with Crippen molar-refractivity contribution in [3.8, 4) is 0 Å². The Labute approximate surface area is 135 Å². The molecule has 0 N–H and O–H groups in total. The van der Waals surface area contributed by atoms with Gasteiger partial charge in [-0.2, -0.15) is 5.10 Å². The standard InChI is InChI=1S/C17H21N5O/c1-12-5-15-16(6-13(12)2)22(11-18-15)10-17(23)20(3)8-14-7-19-21(4)9-14/h5-7,9,11H,8,10H2,1-4H3. The van der Waals surface area contributed by atoms with Gasteiger partial charge in [-0.25, -0.2) is 4.98 Å². The Morgan fingerprint density at radius 1 is 1.26 bits per heavy atom. The second-order valence-electron chi connectivity index (χ2n) is 6.07. The molecule has 23 heavy (non-hydrogen) atoms. The van der Waals surface area contributed by atoms with Crippen molar-refractivity contribution in [3.05, 3.63) is 47.5 Å².